The van der Waals surface area contributed by atoms with Crippen molar-refractivity contribution in [1.29, 1.82) is 0 Å². The molecule has 1 N–H and O–H groups in total. The monoisotopic (exact) mass is 251 g/mol. The summed E-state index contributed by atoms with van der Waals surface area (Å²) in [5, 5.41) is 4.57. The number of halogens is 1. The molecule has 0 aliphatic heterocycles. The molecule has 94 valence electrons. The molecule has 1 aromatic carbocycles. The lowest BCUT2D eigenvalue weighted by molar-refractivity contribution is 0.336. The maximum absolute atomic E-state index is 5.93. The van der Waals surface area contributed by atoms with Crippen LogP contribution in [0.15, 0.2) is 24.3 Å². The van der Waals surface area contributed by atoms with E-state index in [0.717, 1.165) is 11.4 Å². The highest BCUT2D eigenvalue weighted by Gasteiger charge is 2.42. The van der Waals surface area contributed by atoms with Gasteiger partial charge in [-0.15, -0.1) is 0 Å². The molecule has 0 saturated heterocycles. The first-order valence-electron chi connectivity index (χ1n) is 6.56. The summed E-state index contributed by atoms with van der Waals surface area (Å²) in [6.07, 6.45) is 3.83. The Labute approximate surface area is 110 Å². The van der Waals surface area contributed by atoms with Gasteiger partial charge < -0.3 is 5.32 Å². The number of benzene rings is 1. The highest BCUT2D eigenvalue weighted by molar-refractivity contribution is 6.30. The van der Waals surface area contributed by atoms with Crippen LogP contribution in [0.4, 0.5) is 0 Å². The van der Waals surface area contributed by atoms with Crippen LogP contribution in [0.25, 0.3) is 0 Å². The summed E-state index contributed by atoms with van der Waals surface area (Å²) in [5.41, 5.74) is 1.87. The van der Waals surface area contributed by atoms with Crippen molar-refractivity contribution in [2.24, 2.45) is 5.41 Å². The molecule has 1 aliphatic rings. The van der Waals surface area contributed by atoms with Gasteiger partial charge in [-0.05, 0) is 49.3 Å². The first-order chi connectivity index (χ1) is 8.05. The average Bonchev–Trinajstić information content (AvgIpc) is 3.07. The Bertz CT molecular complexity index is 367. The van der Waals surface area contributed by atoms with Crippen LogP contribution in [0, 0.1) is 5.41 Å². The van der Waals surface area contributed by atoms with E-state index in [4.69, 9.17) is 11.6 Å². The fourth-order valence-electron chi connectivity index (χ4n) is 2.28. The van der Waals surface area contributed by atoms with E-state index in [1.807, 2.05) is 12.1 Å². The second-order valence-electron chi connectivity index (χ2n) is 5.55. The SMILES string of the molecule is CCC(NC(C)C1(C)CC1)c1ccc(Cl)cc1. The number of nitrogens with one attached hydrogen (secondary N) is 1. The van der Waals surface area contributed by atoms with Crippen LogP contribution in [0.2, 0.25) is 5.02 Å². The van der Waals surface area contributed by atoms with Crippen molar-refractivity contribution in [3.05, 3.63) is 34.9 Å². The molecule has 1 aromatic rings. The predicted octanol–water partition coefficient (Wildman–Crippen LogP) is 4.57. The van der Waals surface area contributed by atoms with Gasteiger partial charge in [0.15, 0.2) is 0 Å². The van der Waals surface area contributed by atoms with E-state index in [2.05, 4.69) is 38.2 Å². The number of hydrogen-bond acceptors (Lipinski definition) is 1. The fourth-order valence-corrected chi connectivity index (χ4v) is 2.40. The molecule has 1 fully saturated rings. The van der Waals surface area contributed by atoms with Crippen molar-refractivity contribution >= 4 is 11.6 Å². The molecule has 1 aliphatic carbocycles. The Morgan fingerprint density at radius 1 is 1.29 bits per heavy atom. The Hall–Kier alpha value is -0.530. The average molecular weight is 252 g/mol. The summed E-state index contributed by atoms with van der Waals surface area (Å²) >= 11 is 5.93. The van der Waals surface area contributed by atoms with Gasteiger partial charge in [0.2, 0.25) is 0 Å². The lowest BCUT2D eigenvalue weighted by atomic mass is 9.97. The lowest BCUT2D eigenvalue weighted by Gasteiger charge is -2.27. The van der Waals surface area contributed by atoms with Crippen molar-refractivity contribution in [1.82, 2.24) is 5.32 Å². The summed E-state index contributed by atoms with van der Waals surface area (Å²) in [7, 11) is 0. The van der Waals surface area contributed by atoms with Gasteiger partial charge in [0.05, 0.1) is 0 Å². The van der Waals surface area contributed by atoms with E-state index in [9.17, 15) is 0 Å². The summed E-state index contributed by atoms with van der Waals surface area (Å²) < 4.78 is 0. The summed E-state index contributed by atoms with van der Waals surface area (Å²) in [6.45, 7) is 6.92. The van der Waals surface area contributed by atoms with Gasteiger partial charge in [0.25, 0.3) is 0 Å². The Kier molecular flexibility index (Phi) is 3.79. The van der Waals surface area contributed by atoms with Crippen LogP contribution >= 0.6 is 11.6 Å². The molecule has 1 saturated carbocycles. The van der Waals surface area contributed by atoms with E-state index in [0.29, 0.717) is 17.5 Å². The van der Waals surface area contributed by atoms with Crippen molar-refractivity contribution in [2.75, 3.05) is 0 Å². The minimum absolute atomic E-state index is 0.444. The first-order valence-corrected chi connectivity index (χ1v) is 6.94. The third-order valence-corrected chi connectivity index (χ3v) is 4.47. The van der Waals surface area contributed by atoms with Crippen LogP contribution in [-0.4, -0.2) is 6.04 Å². The van der Waals surface area contributed by atoms with E-state index >= 15 is 0 Å². The Morgan fingerprint density at radius 3 is 2.35 bits per heavy atom. The Morgan fingerprint density at radius 2 is 1.88 bits per heavy atom. The maximum atomic E-state index is 5.93. The molecule has 1 nitrogen and oxygen atoms in total. The molecule has 2 atom stereocenters. The zero-order valence-corrected chi connectivity index (χ0v) is 11.7. The minimum Gasteiger partial charge on any atom is -0.307 e. The predicted molar refractivity (Wildman–Crippen MR) is 74.4 cm³/mol. The van der Waals surface area contributed by atoms with E-state index < -0.39 is 0 Å². The van der Waals surface area contributed by atoms with Crippen LogP contribution in [0.5, 0.6) is 0 Å². The summed E-state index contributed by atoms with van der Waals surface area (Å²) in [6, 6.07) is 9.25. The molecule has 0 bridgehead atoms. The zero-order valence-electron chi connectivity index (χ0n) is 11.0. The maximum Gasteiger partial charge on any atom is 0.0406 e. The summed E-state index contributed by atoms with van der Waals surface area (Å²) in [4.78, 5) is 0. The molecule has 0 radical (unpaired) electrons. The van der Waals surface area contributed by atoms with Gasteiger partial charge in [0.1, 0.15) is 0 Å². The third kappa shape index (κ3) is 3.02. The van der Waals surface area contributed by atoms with E-state index in [-0.39, 0.29) is 0 Å². The van der Waals surface area contributed by atoms with Crippen molar-refractivity contribution in [2.45, 2.75) is 52.1 Å². The molecule has 0 aromatic heterocycles. The zero-order chi connectivity index (χ0) is 12.5. The first kappa shape index (κ1) is 12.9. The largest absolute Gasteiger partial charge is 0.307 e. The smallest absolute Gasteiger partial charge is 0.0406 e. The van der Waals surface area contributed by atoms with Gasteiger partial charge in [0, 0.05) is 17.1 Å². The lowest BCUT2D eigenvalue weighted by Crippen LogP contribution is -2.36. The van der Waals surface area contributed by atoms with Gasteiger partial charge in [-0.1, -0.05) is 37.6 Å². The second kappa shape index (κ2) is 4.99. The molecule has 0 spiro atoms. The standard InChI is InChI=1S/C15H22ClN/c1-4-14(12-5-7-13(16)8-6-12)17-11(2)15(3)9-10-15/h5-8,11,14,17H,4,9-10H2,1-3H3. The molecule has 0 heterocycles. The fraction of sp³-hybridized carbons (Fsp3) is 0.600. The van der Waals surface area contributed by atoms with Crippen LogP contribution in [0.3, 0.4) is 0 Å². The van der Waals surface area contributed by atoms with Crippen LogP contribution in [0.1, 0.15) is 51.6 Å². The minimum atomic E-state index is 0.444. The van der Waals surface area contributed by atoms with Crippen LogP contribution < -0.4 is 5.32 Å². The molecular weight excluding hydrogens is 230 g/mol. The molecule has 2 heteroatoms. The third-order valence-electron chi connectivity index (χ3n) is 4.22. The second-order valence-corrected chi connectivity index (χ2v) is 5.99. The highest BCUT2D eigenvalue weighted by atomic mass is 35.5. The number of hydrogen-bond donors (Lipinski definition) is 1. The van der Waals surface area contributed by atoms with Gasteiger partial charge in [-0.25, -0.2) is 0 Å². The molecule has 17 heavy (non-hydrogen) atoms. The van der Waals surface area contributed by atoms with Crippen molar-refractivity contribution < 1.29 is 0 Å². The Balaban J connectivity index is 2.03. The van der Waals surface area contributed by atoms with E-state index in [1.54, 1.807) is 0 Å². The van der Waals surface area contributed by atoms with Crippen molar-refractivity contribution in [3.63, 3.8) is 0 Å². The molecule has 0 amide bonds. The molecular formula is C15H22ClN. The molecule has 2 rings (SSSR count). The van der Waals surface area contributed by atoms with Crippen molar-refractivity contribution in [3.8, 4) is 0 Å². The highest BCUT2D eigenvalue weighted by Crippen LogP contribution is 2.48. The van der Waals surface area contributed by atoms with Gasteiger partial charge in [-0.2, -0.15) is 0 Å². The molecule has 2 unspecified atom stereocenters. The summed E-state index contributed by atoms with van der Waals surface area (Å²) in [5.74, 6) is 0. The van der Waals surface area contributed by atoms with Gasteiger partial charge in [-0.3, -0.25) is 0 Å². The van der Waals surface area contributed by atoms with E-state index in [1.165, 1.54) is 18.4 Å². The normalized spacial score (nSPS) is 20.9. The quantitative estimate of drug-likeness (QED) is 0.808. The topological polar surface area (TPSA) is 12.0 Å². The van der Waals surface area contributed by atoms with Crippen LogP contribution in [-0.2, 0) is 0 Å². The number of rotatable bonds is 5. The van der Waals surface area contributed by atoms with Gasteiger partial charge >= 0.3 is 0 Å².